The van der Waals surface area contributed by atoms with Gasteiger partial charge in [0.25, 0.3) is 0 Å². The van der Waals surface area contributed by atoms with Crippen molar-refractivity contribution in [2.75, 3.05) is 7.11 Å². The first kappa shape index (κ1) is 18.8. The fourth-order valence-electron chi connectivity index (χ4n) is 2.36. The fourth-order valence-corrected chi connectivity index (χ4v) is 2.36. The summed E-state index contributed by atoms with van der Waals surface area (Å²) in [6, 6.07) is 14.4. The molecule has 1 N–H and O–H groups in total. The topological polar surface area (TPSA) is 98.1 Å². The number of hydrogen-bond donors (Lipinski definition) is 1. The van der Waals surface area contributed by atoms with Crippen molar-refractivity contribution in [3.05, 3.63) is 83.7 Å². The first-order valence-corrected chi connectivity index (χ1v) is 8.24. The minimum absolute atomic E-state index is 0.158. The third kappa shape index (κ3) is 4.59. The molecule has 3 rings (SSSR count). The van der Waals surface area contributed by atoms with E-state index in [9.17, 15) is 9.59 Å². The molecule has 1 heterocycles. The molecule has 7 heteroatoms. The van der Waals surface area contributed by atoms with E-state index in [4.69, 9.17) is 14.6 Å². The average molecular weight is 376 g/mol. The van der Waals surface area contributed by atoms with Crippen LogP contribution in [-0.4, -0.2) is 35.4 Å². The molecule has 2 aromatic carbocycles. The molecule has 0 saturated heterocycles. The van der Waals surface area contributed by atoms with Gasteiger partial charge in [-0.3, -0.25) is 9.98 Å². The number of ether oxygens (including phenoxy) is 2. The molecular weight excluding hydrogens is 360 g/mol. The minimum atomic E-state index is -1.01. The van der Waals surface area contributed by atoms with Crippen LogP contribution in [0.25, 0.3) is 0 Å². The summed E-state index contributed by atoms with van der Waals surface area (Å²) in [6.45, 7) is 0. The summed E-state index contributed by atoms with van der Waals surface area (Å²) in [5.41, 5.74) is 1.74. The summed E-state index contributed by atoms with van der Waals surface area (Å²) >= 11 is 0. The molecule has 0 bridgehead atoms. The van der Waals surface area contributed by atoms with Gasteiger partial charge in [0, 0.05) is 18.6 Å². The van der Waals surface area contributed by atoms with Crippen molar-refractivity contribution >= 4 is 23.8 Å². The molecule has 0 aliphatic heterocycles. The molecule has 0 aliphatic carbocycles. The van der Waals surface area contributed by atoms with E-state index in [0.29, 0.717) is 22.6 Å². The van der Waals surface area contributed by atoms with Crippen molar-refractivity contribution < 1.29 is 24.2 Å². The van der Waals surface area contributed by atoms with Crippen LogP contribution in [-0.2, 0) is 0 Å². The number of rotatable bonds is 6. The zero-order valence-electron chi connectivity index (χ0n) is 14.9. The van der Waals surface area contributed by atoms with E-state index in [0.717, 1.165) is 0 Å². The van der Waals surface area contributed by atoms with Crippen LogP contribution in [0.5, 0.6) is 11.5 Å². The number of pyridine rings is 1. The number of benzene rings is 2. The Morgan fingerprint density at radius 2 is 1.79 bits per heavy atom. The van der Waals surface area contributed by atoms with E-state index in [2.05, 4.69) is 9.98 Å². The van der Waals surface area contributed by atoms with Crippen molar-refractivity contribution in [3.63, 3.8) is 0 Å². The number of methoxy groups -OCH3 is 1. The molecule has 3 aromatic rings. The Bertz CT molecular complexity index is 1030. The number of aromatic nitrogens is 1. The van der Waals surface area contributed by atoms with Crippen LogP contribution in [0.1, 0.15) is 26.3 Å². The molecule has 140 valence electrons. The Kier molecular flexibility index (Phi) is 5.76. The Morgan fingerprint density at radius 3 is 2.50 bits per heavy atom. The molecule has 0 atom stereocenters. The van der Waals surface area contributed by atoms with Crippen LogP contribution in [0, 0.1) is 0 Å². The molecule has 0 radical (unpaired) electrons. The van der Waals surface area contributed by atoms with Crippen molar-refractivity contribution in [3.8, 4) is 11.5 Å². The van der Waals surface area contributed by atoms with Gasteiger partial charge in [-0.2, -0.15) is 0 Å². The zero-order valence-corrected chi connectivity index (χ0v) is 14.9. The van der Waals surface area contributed by atoms with Gasteiger partial charge in [0.2, 0.25) is 0 Å². The smallest absolute Gasteiger partial charge is 0.343 e. The summed E-state index contributed by atoms with van der Waals surface area (Å²) < 4.78 is 10.7. The summed E-state index contributed by atoms with van der Waals surface area (Å²) in [4.78, 5) is 31.3. The second-order valence-electron chi connectivity index (χ2n) is 5.65. The van der Waals surface area contributed by atoms with Crippen molar-refractivity contribution in [2.24, 2.45) is 4.99 Å². The van der Waals surface area contributed by atoms with Crippen LogP contribution in [0.15, 0.2) is 72.0 Å². The first-order valence-electron chi connectivity index (χ1n) is 8.24. The molecule has 0 aliphatic rings. The highest BCUT2D eigenvalue weighted by molar-refractivity contribution is 5.92. The van der Waals surface area contributed by atoms with Gasteiger partial charge in [-0.1, -0.05) is 6.07 Å². The molecule has 7 nitrogen and oxygen atoms in total. The lowest BCUT2D eigenvalue weighted by molar-refractivity contribution is 0.0694. The lowest BCUT2D eigenvalue weighted by Crippen LogP contribution is -2.09. The predicted molar refractivity (Wildman–Crippen MR) is 103 cm³/mol. The van der Waals surface area contributed by atoms with Gasteiger partial charge in [-0.25, -0.2) is 9.59 Å². The van der Waals surface area contributed by atoms with Gasteiger partial charge in [0.05, 0.1) is 23.9 Å². The standard InChI is InChI=1S/C21H16N2O5/c1-27-19-11-14(13-23-17-4-2-3-16(12-17)20(24)25)5-6-18(19)28-21(26)15-7-9-22-10-8-15/h2-13H,1H3,(H,24,25). The predicted octanol–water partition coefficient (Wildman–Crippen LogP) is 3.76. The van der Waals surface area contributed by atoms with E-state index in [-0.39, 0.29) is 11.3 Å². The lowest BCUT2D eigenvalue weighted by atomic mass is 10.2. The Morgan fingerprint density at radius 1 is 1.00 bits per heavy atom. The van der Waals surface area contributed by atoms with Gasteiger partial charge >= 0.3 is 11.9 Å². The van der Waals surface area contributed by atoms with Gasteiger partial charge in [0.15, 0.2) is 11.5 Å². The Balaban J connectivity index is 1.78. The summed E-state index contributed by atoms with van der Waals surface area (Å²) in [7, 11) is 1.47. The molecule has 0 amide bonds. The lowest BCUT2D eigenvalue weighted by Gasteiger charge is -2.09. The monoisotopic (exact) mass is 376 g/mol. The number of esters is 1. The highest BCUT2D eigenvalue weighted by Crippen LogP contribution is 2.28. The van der Waals surface area contributed by atoms with E-state index < -0.39 is 11.9 Å². The van der Waals surface area contributed by atoms with Gasteiger partial charge in [-0.05, 0) is 54.1 Å². The third-order valence-corrected chi connectivity index (χ3v) is 3.76. The Hall–Kier alpha value is -4.00. The van der Waals surface area contributed by atoms with Crippen molar-refractivity contribution in [1.29, 1.82) is 0 Å². The molecule has 1 aromatic heterocycles. The van der Waals surface area contributed by atoms with Crippen LogP contribution < -0.4 is 9.47 Å². The SMILES string of the molecule is COc1cc(C=Nc2cccc(C(=O)O)c2)ccc1OC(=O)c1ccncc1. The molecule has 0 unspecified atom stereocenters. The summed E-state index contributed by atoms with van der Waals surface area (Å²) in [5, 5.41) is 9.03. The molecule has 0 spiro atoms. The maximum absolute atomic E-state index is 12.2. The van der Waals surface area contributed by atoms with E-state index in [1.54, 1.807) is 48.7 Å². The second kappa shape index (κ2) is 8.59. The summed E-state index contributed by atoms with van der Waals surface area (Å²) in [5.74, 6) is -0.897. The average Bonchev–Trinajstić information content (AvgIpc) is 2.73. The van der Waals surface area contributed by atoms with Gasteiger partial charge < -0.3 is 14.6 Å². The van der Waals surface area contributed by atoms with Crippen LogP contribution in [0.2, 0.25) is 0 Å². The van der Waals surface area contributed by atoms with Crippen LogP contribution >= 0.6 is 0 Å². The number of carboxylic acid groups (broad SMARTS) is 1. The maximum Gasteiger partial charge on any atom is 0.343 e. The quantitative estimate of drug-likeness (QED) is 0.400. The molecule has 0 saturated carbocycles. The van der Waals surface area contributed by atoms with Crippen molar-refractivity contribution in [2.45, 2.75) is 0 Å². The second-order valence-corrected chi connectivity index (χ2v) is 5.65. The number of nitrogens with zero attached hydrogens (tertiary/aromatic N) is 2. The maximum atomic E-state index is 12.2. The highest BCUT2D eigenvalue weighted by atomic mass is 16.6. The van der Waals surface area contributed by atoms with Crippen LogP contribution in [0.3, 0.4) is 0 Å². The fraction of sp³-hybridized carbons (Fsp3) is 0.0476. The number of aromatic carboxylic acids is 1. The van der Waals surface area contributed by atoms with Gasteiger partial charge in [0.1, 0.15) is 0 Å². The highest BCUT2D eigenvalue weighted by Gasteiger charge is 2.12. The Labute approximate surface area is 160 Å². The number of carbonyl (C=O) groups is 2. The number of aliphatic imine (C=N–C) groups is 1. The molecule has 0 fully saturated rings. The normalized spacial score (nSPS) is 10.6. The third-order valence-electron chi connectivity index (χ3n) is 3.76. The first-order chi connectivity index (χ1) is 13.6. The van der Waals surface area contributed by atoms with Gasteiger partial charge in [-0.15, -0.1) is 0 Å². The molecule has 28 heavy (non-hydrogen) atoms. The van der Waals surface area contributed by atoms with E-state index >= 15 is 0 Å². The number of hydrogen-bond acceptors (Lipinski definition) is 6. The van der Waals surface area contributed by atoms with E-state index in [1.165, 1.54) is 31.6 Å². The van der Waals surface area contributed by atoms with Crippen molar-refractivity contribution in [1.82, 2.24) is 4.98 Å². The minimum Gasteiger partial charge on any atom is -0.493 e. The number of carboxylic acids is 1. The molecular formula is C21H16N2O5. The summed E-state index contributed by atoms with van der Waals surface area (Å²) in [6.07, 6.45) is 4.58. The van der Waals surface area contributed by atoms with E-state index in [1.807, 2.05) is 0 Å². The van der Waals surface area contributed by atoms with Crippen LogP contribution in [0.4, 0.5) is 5.69 Å². The number of carbonyl (C=O) groups excluding carboxylic acids is 1. The zero-order chi connectivity index (χ0) is 19.9. The largest absolute Gasteiger partial charge is 0.493 e.